The third-order valence-corrected chi connectivity index (χ3v) is 2.66. The van der Waals surface area contributed by atoms with Gasteiger partial charge < -0.3 is 11.1 Å². The molecule has 4 nitrogen and oxygen atoms in total. The summed E-state index contributed by atoms with van der Waals surface area (Å²) < 4.78 is 0. The lowest BCUT2D eigenvalue weighted by Crippen LogP contribution is -2.48. The molecule has 98 valence electrons. The van der Waals surface area contributed by atoms with Crippen molar-refractivity contribution in [2.75, 3.05) is 6.54 Å². The lowest BCUT2D eigenvalue weighted by Gasteiger charge is -2.24. The maximum Gasteiger partial charge on any atom is 0.220 e. The highest BCUT2D eigenvalue weighted by Crippen LogP contribution is 2.06. The fourth-order valence-electron chi connectivity index (χ4n) is 1.49. The van der Waals surface area contributed by atoms with Gasteiger partial charge in [-0.15, -0.1) is 0 Å². The Hall–Kier alpha value is -1.68. The maximum atomic E-state index is 11.8. The molecule has 0 bridgehead atoms. The van der Waals surface area contributed by atoms with Crippen LogP contribution in [0, 0.1) is 0 Å². The molecular formula is C14H20N2O2. The van der Waals surface area contributed by atoms with Crippen molar-refractivity contribution in [1.29, 1.82) is 0 Å². The van der Waals surface area contributed by atoms with Crippen molar-refractivity contribution in [1.82, 2.24) is 5.32 Å². The Morgan fingerprint density at radius 1 is 1.17 bits per heavy atom. The number of nitrogens with two attached hydrogens (primary N) is 1. The second-order valence-corrected chi connectivity index (χ2v) is 4.93. The van der Waals surface area contributed by atoms with Gasteiger partial charge in [0.2, 0.25) is 5.91 Å². The van der Waals surface area contributed by atoms with E-state index in [1.807, 2.05) is 32.0 Å². The molecule has 18 heavy (non-hydrogen) atoms. The fraction of sp³-hybridized carbons (Fsp3) is 0.429. The van der Waals surface area contributed by atoms with Crippen LogP contribution in [-0.4, -0.2) is 23.8 Å². The summed E-state index contributed by atoms with van der Waals surface area (Å²) in [7, 11) is 0. The van der Waals surface area contributed by atoms with Crippen LogP contribution < -0.4 is 11.1 Å². The lowest BCUT2D eigenvalue weighted by molar-refractivity contribution is -0.122. The fourth-order valence-corrected chi connectivity index (χ4v) is 1.49. The second-order valence-electron chi connectivity index (χ2n) is 4.93. The highest BCUT2D eigenvalue weighted by molar-refractivity contribution is 5.97. The predicted molar refractivity (Wildman–Crippen MR) is 71.3 cm³/mol. The molecule has 0 aliphatic carbocycles. The molecule has 0 fully saturated rings. The van der Waals surface area contributed by atoms with Crippen molar-refractivity contribution < 1.29 is 9.59 Å². The normalized spacial score (nSPS) is 11.1. The first-order chi connectivity index (χ1) is 8.44. The molecule has 1 rings (SSSR count). The molecule has 4 heteroatoms. The number of amides is 1. The highest BCUT2D eigenvalue weighted by Gasteiger charge is 2.18. The van der Waals surface area contributed by atoms with Crippen LogP contribution in [0.25, 0.3) is 0 Å². The largest absolute Gasteiger partial charge is 0.350 e. The highest BCUT2D eigenvalue weighted by atomic mass is 16.2. The van der Waals surface area contributed by atoms with Crippen LogP contribution in [-0.2, 0) is 4.79 Å². The van der Waals surface area contributed by atoms with E-state index >= 15 is 0 Å². The van der Waals surface area contributed by atoms with Gasteiger partial charge in [-0.1, -0.05) is 30.3 Å². The number of Topliss-reactive ketones (excluding diaryl/α,β-unsaturated/α-hetero) is 1. The minimum atomic E-state index is -0.424. The molecule has 0 atom stereocenters. The van der Waals surface area contributed by atoms with Crippen LogP contribution in [0.15, 0.2) is 30.3 Å². The molecule has 1 aromatic carbocycles. The van der Waals surface area contributed by atoms with Gasteiger partial charge in [-0.3, -0.25) is 9.59 Å². The maximum absolute atomic E-state index is 11.8. The molecule has 1 amide bonds. The Morgan fingerprint density at radius 3 is 2.33 bits per heavy atom. The van der Waals surface area contributed by atoms with Gasteiger partial charge in [-0.2, -0.15) is 0 Å². The van der Waals surface area contributed by atoms with Gasteiger partial charge in [-0.05, 0) is 13.8 Å². The monoisotopic (exact) mass is 248 g/mol. The van der Waals surface area contributed by atoms with Gasteiger partial charge in [0, 0.05) is 30.5 Å². The number of benzene rings is 1. The van der Waals surface area contributed by atoms with E-state index in [-0.39, 0.29) is 24.5 Å². The molecule has 0 radical (unpaired) electrons. The molecule has 0 saturated carbocycles. The summed E-state index contributed by atoms with van der Waals surface area (Å²) >= 11 is 0. The first-order valence-corrected chi connectivity index (χ1v) is 6.04. The molecule has 3 N–H and O–H groups in total. The van der Waals surface area contributed by atoms with Crippen LogP contribution in [0.2, 0.25) is 0 Å². The minimum Gasteiger partial charge on any atom is -0.350 e. The van der Waals surface area contributed by atoms with E-state index in [9.17, 15) is 9.59 Å². The number of carbonyl (C=O) groups is 2. The molecule has 0 saturated heterocycles. The minimum absolute atomic E-state index is 0.0173. The van der Waals surface area contributed by atoms with Gasteiger partial charge in [-0.25, -0.2) is 0 Å². The third-order valence-electron chi connectivity index (χ3n) is 2.66. The van der Waals surface area contributed by atoms with E-state index in [1.165, 1.54) is 0 Å². The van der Waals surface area contributed by atoms with Crippen molar-refractivity contribution in [3.8, 4) is 0 Å². The molecule has 0 spiro atoms. The zero-order chi connectivity index (χ0) is 13.6. The quantitative estimate of drug-likeness (QED) is 0.749. The van der Waals surface area contributed by atoms with E-state index in [0.29, 0.717) is 12.1 Å². The molecule has 0 heterocycles. The predicted octanol–water partition coefficient (Wildman–Crippen LogP) is 1.50. The van der Waals surface area contributed by atoms with E-state index in [2.05, 4.69) is 5.32 Å². The second kappa shape index (κ2) is 6.31. The number of nitrogens with one attached hydrogen (secondary N) is 1. The van der Waals surface area contributed by atoms with Crippen LogP contribution in [0.5, 0.6) is 0 Å². The Labute approximate surface area is 108 Å². The van der Waals surface area contributed by atoms with Crippen LogP contribution in [0.3, 0.4) is 0 Å². The van der Waals surface area contributed by atoms with Gasteiger partial charge in [0.05, 0.1) is 0 Å². The molecule has 1 aromatic rings. The van der Waals surface area contributed by atoms with Crippen molar-refractivity contribution >= 4 is 11.7 Å². The molecular weight excluding hydrogens is 228 g/mol. The van der Waals surface area contributed by atoms with Crippen LogP contribution >= 0.6 is 0 Å². The van der Waals surface area contributed by atoms with E-state index in [4.69, 9.17) is 5.73 Å². The standard InChI is InChI=1S/C14H20N2O2/c1-14(2,10-15)16-13(18)9-8-12(17)11-6-4-3-5-7-11/h3-7H,8-10,15H2,1-2H3,(H,16,18). The average molecular weight is 248 g/mol. The first-order valence-electron chi connectivity index (χ1n) is 6.04. The van der Waals surface area contributed by atoms with Crippen molar-refractivity contribution in [2.45, 2.75) is 32.2 Å². The number of ketones is 1. The topological polar surface area (TPSA) is 72.2 Å². The number of hydrogen-bond donors (Lipinski definition) is 2. The average Bonchev–Trinajstić information content (AvgIpc) is 2.36. The Balaban J connectivity index is 2.42. The van der Waals surface area contributed by atoms with Crippen molar-refractivity contribution in [2.24, 2.45) is 5.73 Å². The molecule has 0 unspecified atom stereocenters. The van der Waals surface area contributed by atoms with E-state index in [0.717, 1.165) is 0 Å². The van der Waals surface area contributed by atoms with Crippen LogP contribution in [0.4, 0.5) is 0 Å². The SMILES string of the molecule is CC(C)(CN)NC(=O)CCC(=O)c1ccccc1. The molecule has 0 aliphatic heterocycles. The number of carbonyl (C=O) groups excluding carboxylic acids is 2. The van der Waals surface area contributed by atoms with E-state index < -0.39 is 5.54 Å². The van der Waals surface area contributed by atoms with Gasteiger partial charge in [0.25, 0.3) is 0 Å². The Bertz CT molecular complexity index is 413. The lowest BCUT2D eigenvalue weighted by atomic mass is 10.0. The summed E-state index contributed by atoms with van der Waals surface area (Å²) in [5.74, 6) is -0.161. The molecule has 0 aliphatic rings. The zero-order valence-electron chi connectivity index (χ0n) is 10.9. The van der Waals surface area contributed by atoms with Gasteiger partial charge in [0.1, 0.15) is 0 Å². The number of rotatable bonds is 6. The van der Waals surface area contributed by atoms with Crippen LogP contribution in [0.1, 0.15) is 37.0 Å². The summed E-state index contributed by atoms with van der Waals surface area (Å²) in [5.41, 5.74) is 5.74. The summed E-state index contributed by atoms with van der Waals surface area (Å²) in [6.07, 6.45) is 0.410. The van der Waals surface area contributed by atoms with Crippen molar-refractivity contribution in [3.05, 3.63) is 35.9 Å². The zero-order valence-corrected chi connectivity index (χ0v) is 10.9. The van der Waals surface area contributed by atoms with Gasteiger partial charge in [0.15, 0.2) is 5.78 Å². The number of hydrogen-bond acceptors (Lipinski definition) is 3. The summed E-state index contributed by atoms with van der Waals surface area (Å²) in [6.45, 7) is 4.07. The Kier molecular flexibility index (Phi) is 5.04. The summed E-state index contributed by atoms with van der Waals surface area (Å²) in [6, 6.07) is 8.98. The van der Waals surface area contributed by atoms with Gasteiger partial charge >= 0.3 is 0 Å². The molecule has 0 aromatic heterocycles. The Morgan fingerprint density at radius 2 is 1.78 bits per heavy atom. The first kappa shape index (κ1) is 14.4. The van der Waals surface area contributed by atoms with E-state index in [1.54, 1.807) is 12.1 Å². The third kappa shape index (κ3) is 4.67. The summed E-state index contributed by atoms with van der Waals surface area (Å²) in [4.78, 5) is 23.4. The smallest absolute Gasteiger partial charge is 0.220 e. The van der Waals surface area contributed by atoms with Crippen molar-refractivity contribution in [3.63, 3.8) is 0 Å². The summed E-state index contributed by atoms with van der Waals surface area (Å²) in [5, 5.41) is 2.80.